The van der Waals surface area contributed by atoms with Crippen molar-refractivity contribution in [2.75, 3.05) is 18.6 Å². The summed E-state index contributed by atoms with van der Waals surface area (Å²) in [6, 6.07) is 13.2. The summed E-state index contributed by atoms with van der Waals surface area (Å²) in [6.45, 7) is 2.36. The van der Waals surface area contributed by atoms with Crippen LogP contribution in [0.15, 0.2) is 71.6 Å². The molecular formula is C21H23N3O3. The molecule has 0 fully saturated rings. The Kier molecular flexibility index (Phi) is 5.98. The van der Waals surface area contributed by atoms with Gasteiger partial charge in [0.15, 0.2) is 6.23 Å². The standard InChI is InChI=1S/C21H23N3O3/c1-15-12-17(23-13-19(15)21(26)27-2)14-24(18-6-4-3-5-7-18)20(25)16-8-10-22-11-9-16/h3-13,15,19-20,25H,14H2,1-2H3. The molecule has 0 amide bonds. The van der Waals surface area contributed by atoms with Crippen LogP contribution < -0.4 is 4.90 Å². The van der Waals surface area contributed by atoms with Gasteiger partial charge in [0.2, 0.25) is 0 Å². The summed E-state index contributed by atoms with van der Waals surface area (Å²) in [7, 11) is 1.38. The lowest BCUT2D eigenvalue weighted by Crippen LogP contribution is -2.32. The second-order valence-corrected chi connectivity index (χ2v) is 6.46. The number of ether oxygens (including phenoxy) is 1. The number of carbonyl (C=O) groups is 1. The van der Waals surface area contributed by atoms with E-state index in [-0.39, 0.29) is 17.8 Å². The van der Waals surface area contributed by atoms with Crippen LogP contribution in [-0.2, 0) is 9.53 Å². The molecule has 3 rings (SSSR count). The van der Waals surface area contributed by atoms with Gasteiger partial charge in [0.25, 0.3) is 0 Å². The molecule has 0 saturated carbocycles. The SMILES string of the molecule is COC(=O)C1C=NC(CN(c2ccccc2)C(O)c2ccncc2)=CC1C. The molecule has 2 heterocycles. The molecule has 3 atom stereocenters. The maximum atomic E-state index is 11.8. The fourth-order valence-electron chi connectivity index (χ4n) is 3.10. The summed E-state index contributed by atoms with van der Waals surface area (Å²) in [5.74, 6) is -0.701. The van der Waals surface area contributed by atoms with E-state index in [2.05, 4.69) is 9.98 Å². The van der Waals surface area contributed by atoms with Gasteiger partial charge >= 0.3 is 5.97 Å². The summed E-state index contributed by atoms with van der Waals surface area (Å²) in [4.78, 5) is 22.1. The highest BCUT2D eigenvalue weighted by molar-refractivity contribution is 5.91. The zero-order valence-corrected chi connectivity index (χ0v) is 15.4. The van der Waals surface area contributed by atoms with E-state index < -0.39 is 6.23 Å². The molecule has 1 aromatic heterocycles. The van der Waals surface area contributed by atoms with E-state index in [9.17, 15) is 9.90 Å². The number of methoxy groups -OCH3 is 1. The molecule has 3 unspecified atom stereocenters. The third kappa shape index (κ3) is 4.41. The van der Waals surface area contributed by atoms with Crippen molar-refractivity contribution in [3.8, 4) is 0 Å². The minimum atomic E-state index is -0.847. The van der Waals surface area contributed by atoms with E-state index in [4.69, 9.17) is 4.74 Å². The van der Waals surface area contributed by atoms with Crippen molar-refractivity contribution in [1.82, 2.24) is 4.98 Å². The number of allylic oxidation sites excluding steroid dienone is 1. The lowest BCUT2D eigenvalue weighted by Gasteiger charge is -2.31. The lowest BCUT2D eigenvalue weighted by atomic mass is 9.92. The quantitative estimate of drug-likeness (QED) is 0.629. The highest BCUT2D eigenvalue weighted by Gasteiger charge is 2.27. The number of hydrogen-bond acceptors (Lipinski definition) is 6. The van der Waals surface area contributed by atoms with Crippen molar-refractivity contribution in [1.29, 1.82) is 0 Å². The van der Waals surface area contributed by atoms with Crippen molar-refractivity contribution >= 4 is 17.9 Å². The average Bonchev–Trinajstić information content (AvgIpc) is 2.72. The van der Waals surface area contributed by atoms with Crippen LogP contribution in [0.5, 0.6) is 0 Å². The van der Waals surface area contributed by atoms with E-state index >= 15 is 0 Å². The maximum absolute atomic E-state index is 11.8. The van der Waals surface area contributed by atoms with Crippen molar-refractivity contribution in [3.63, 3.8) is 0 Å². The number of hydrogen-bond donors (Lipinski definition) is 1. The molecule has 0 radical (unpaired) electrons. The average molecular weight is 365 g/mol. The van der Waals surface area contributed by atoms with Gasteiger partial charge in [0.05, 0.1) is 25.3 Å². The van der Waals surface area contributed by atoms with Gasteiger partial charge in [-0.15, -0.1) is 0 Å². The first-order valence-electron chi connectivity index (χ1n) is 8.82. The fraction of sp³-hybridized carbons (Fsp3) is 0.286. The number of pyridine rings is 1. The van der Waals surface area contributed by atoms with E-state index in [1.807, 2.05) is 48.2 Å². The van der Waals surface area contributed by atoms with Crippen LogP contribution in [0.4, 0.5) is 5.69 Å². The van der Waals surface area contributed by atoms with Gasteiger partial charge in [0, 0.05) is 29.9 Å². The molecule has 1 aromatic carbocycles. The van der Waals surface area contributed by atoms with Gasteiger partial charge in [0.1, 0.15) is 0 Å². The Hall–Kier alpha value is -2.99. The smallest absolute Gasteiger partial charge is 0.314 e. The Morgan fingerprint density at radius 3 is 2.56 bits per heavy atom. The summed E-state index contributed by atoms with van der Waals surface area (Å²) in [6.07, 6.45) is 6.05. The summed E-state index contributed by atoms with van der Waals surface area (Å²) >= 11 is 0. The number of aliphatic imine (C=N–C) groups is 1. The third-order valence-electron chi connectivity index (χ3n) is 4.62. The van der Waals surface area contributed by atoms with Crippen LogP contribution >= 0.6 is 0 Å². The number of benzene rings is 1. The molecule has 0 spiro atoms. The van der Waals surface area contributed by atoms with Crippen molar-refractivity contribution in [2.24, 2.45) is 16.8 Å². The molecule has 140 valence electrons. The van der Waals surface area contributed by atoms with Gasteiger partial charge in [-0.2, -0.15) is 0 Å². The zero-order chi connectivity index (χ0) is 19.2. The largest absolute Gasteiger partial charge is 0.469 e. The number of aromatic nitrogens is 1. The molecule has 6 heteroatoms. The maximum Gasteiger partial charge on any atom is 0.314 e. The van der Waals surface area contributed by atoms with Gasteiger partial charge in [-0.1, -0.05) is 31.2 Å². The number of rotatable bonds is 6. The highest BCUT2D eigenvalue weighted by atomic mass is 16.5. The van der Waals surface area contributed by atoms with Crippen molar-refractivity contribution in [3.05, 3.63) is 72.2 Å². The number of anilines is 1. The Morgan fingerprint density at radius 1 is 1.22 bits per heavy atom. The van der Waals surface area contributed by atoms with Crippen LogP contribution in [0.3, 0.4) is 0 Å². The molecule has 27 heavy (non-hydrogen) atoms. The Bertz CT molecular complexity index is 821. The molecule has 0 bridgehead atoms. The molecule has 1 aliphatic heterocycles. The van der Waals surface area contributed by atoms with Gasteiger partial charge in [-0.05, 0) is 30.2 Å². The fourth-order valence-corrected chi connectivity index (χ4v) is 3.10. The molecular weight excluding hydrogens is 342 g/mol. The topological polar surface area (TPSA) is 75.0 Å². The Labute approximate surface area is 158 Å². The number of esters is 1. The van der Waals surface area contributed by atoms with Crippen LogP contribution in [-0.4, -0.2) is 35.9 Å². The molecule has 0 saturated heterocycles. The monoisotopic (exact) mass is 365 g/mol. The van der Waals surface area contributed by atoms with Gasteiger partial charge in [-0.25, -0.2) is 0 Å². The number of nitrogens with zero attached hydrogens (tertiary/aromatic N) is 3. The second-order valence-electron chi connectivity index (χ2n) is 6.46. The van der Waals surface area contributed by atoms with E-state index in [0.29, 0.717) is 6.54 Å². The first-order valence-corrected chi connectivity index (χ1v) is 8.82. The third-order valence-corrected chi connectivity index (χ3v) is 4.62. The normalized spacial score (nSPS) is 19.9. The van der Waals surface area contributed by atoms with Crippen molar-refractivity contribution < 1.29 is 14.6 Å². The second kappa shape index (κ2) is 8.60. The predicted molar refractivity (Wildman–Crippen MR) is 104 cm³/mol. The summed E-state index contributed by atoms with van der Waals surface area (Å²) in [5.41, 5.74) is 2.41. The molecule has 0 aliphatic carbocycles. The molecule has 1 aliphatic rings. The number of aliphatic hydroxyl groups is 1. The Morgan fingerprint density at radius 2 is 1.93 bits per heavy atom. The number of aliphatic hydroxyl groups excluding tert-OH is 1. The number of para-hydroxylation sites is 1. The minimum Gasteiger partial charge on any atom is -0.469 e. The summed E-state index contributed by atoms with van der Waals surface area (Å²) < 4.78 is 4.83. The summed E-state index contributed by atoms with van der Waals surface area (Å²) in [5, 5.41) is 11.0. The van der Waals surface area contributed by atoms with E-state index in [1.54, 1.807) is 30.7 Å². The Balaban J connectivity index is 1.85. The minimum absolute atomic E-state index is 0.0272. The van der Waals surface area contributed by atoms with Crippen LogP contribution in [0.1, 0.15) is 18.7 Å². The number of carbonyl (C=O) groups excluding carboxylic acids is 1. The zero-order valence-electron chi connectivity index (χ0n) is 15.4. The molecule has 6 nitrogen and oxygen atoms in total. The van der Waals surface area contributed by atoms with E-state index in [1.165, 1.54) is 7.11 Å². The van der Waals surface area contributed by atoms with Crippen LogP contribution in [0, 0.1) is 11.8 Å². The van der Waals surface area contributed by atoms with E-state index in [0.717, 1.165) is 16.9 Å². The van der Waals surface area contributed by atoms with Crippen molar-refractivity contribution in [2.45, 2.75) is 13.2 Å². The van der Waals surface area contributed by atoms with Crippen LogP contribution in [0.2, 0.25) is 0 Å². The molecule has 1 N–H and O–H groups in total. The first kappa shape index (κ1) is 18.8. The van der Waals surface area contributed by atoms with Gasteiger partial charge < -0.3 is 14.7 Å². The lowest BCUT2D eigenvalue weighted by molar-refractivity contribution is -0.143. The first-order chi connectivity index (χ1) is 13.1. The predicted octanol–water partition coefficient (Wildman–Crippen LogP) is 2.97. The molecule has 2 aromatic rings. The highest BCUT2D eigenvalue weighted by Crippen LogP contribution is 2.28. The van der Waals surface area contributed by atoms with Gasteiger partial charge in [-0.3, -0.25) is 14.8 Å². The van der Waals surface area contributed by atoms with Crippen LogP contribution in [0.25, 0.3) is 0 Å².